The molecule has 1 rings (SSSR count). The Morgan fingerprint density at radius 3 is 2.40 bits per heavy atom. The third kappa shape index (κ3) is 6.56. The molecule has 1 aliphatic carbocycles. The molecule has 0 aromatic carbocycles. The third-order valence-electron chi connectivity index (χ3n) is 3.60. The van der Waals surface area contributed by atoms with Crippen LogP contribution in [0.3, 0.4) is 0 Å². The van der Waals surface area contributed by atoms with E-state index in [-0.39, 0.29) is 18.6 Å². The van der Waals surface area contributed by atoms with Crippen LogP contribution in [0, 0.1) is 0 Å². The Morgan fingerprint density at radius 2 is 1.90 bits per heavy atom. The summed E-state index contributed by atoms with van der Waals surface area (Å²) in [6.07, 6.45) is 0.156. The van der Waals surface area contributed by atoms with Crippen LogP contribution in [0.15, 0.2) is 0 Å². The fourth-order valence-electron chi connectivity index (χ4n) is 2.58. The van der Waals surface area contributed by atoms with E-state index in [0.717, 1.165) is 38.6 Å². The molecule has 0 aromatic heterocycles. The number of carbonyl (C=O) groups is 1. The van der Waals surface area contributed by atoms with Crippen LogP contribution >= 0.6 is 0 Å². The Balaban J connectivity index is 2.43. The number of rotatable bonds is 6. The average molecular weight is 295 g/mol. The largest absolute Gasteiger partial charge is 0.405 e. The Morgan fingerprint density at radius 1 is 1.30 bits per heavy atom. The number of nitrogens with one attached hydrogen (secondary N) is 1. The van der Waals surface area contributed by atoms with Crippen molar-refractivity contribution in [3.8, 4) is 0 Å². The number of alkyl halides is 3. The quantitative estimate of drug-likeness (QED) is 0.783. The van der Waals surface area contributed by atoms with E-state index in [1.165, 1.54) is 0 Å². The van der Waals surface area contributed by atoms with Crippen LogP contribution in [0.4, 0.5) is 13.2 Å². The van der Waals surface area contributed by atoms with Crippen LogP contribution in [0.1, 0.15) is 39.0 Å². The standard InChI is InChI=1S/C13H24F3N3O/c1-2-7-19(11-5-3-10(17)4-6-11)8-12(20)18-9-13(14,15)16/h10-11H,2-9,17H2,1H3,(H,18,20). The van der Waals surface area contributed by atoms with Gasteiger partial charge in [0.05, 0.1) is 6.54 Å². The van der Waals surface area contributed by atoms with Crippen LogP contribution in [0.5, 0.6) is 0 Å². The maximum absolute atomic E-state index is 12.1. The van der Waals surface area contributed by atoms with E-state index in [9.17, 15) is 18.0 Å². The first kappa shape index (κ1) is 17.2. The van der Waals surface area contributed by atoms with Crippen molar-refractivity contribution in [1.82, 2.24) is 10.2 Å². The van der Waals surface area contributed by atoms with Crippen LogP contribution < -0.4 is 11.1 Å². The van der Waals surface area contributed by atoms with Crippen molar-refractivity contribution in [2.75, 3.05) is 19.6 Å². The second kappa shape index (κ2) is 7.83. The van der Waals surface area contributed by atoms with E-state index in [1.807, 2.05) is 17.1 Å². The van der Waals surface area contributed by atoms with Crippen molar-refractivity contribution in [1.29, 1.82) is 0 Å². The van der Waals surface area contributed by atoms with Gasteiger partial charge in [-0.15, -0.1) is 0 Å². The van der Waals surface area contributed by atoms with Crippen molar-refractivity contribution in [3.05, 3.63) is 0 Å². The first-order chi connectivity index (χ1) is 9.31. The van der Waals surface area contributed by atoms with Gasteiger partial charge in [-0.1, -0.05) is 6.92 Å². The Bertz CT molecular complexity index is 302. The van der Waals surface area contributed by atoms with Gasteiger partial charge in [-0.05, 0) is 38.6 Å². The molecule has 1 saturated carbocycles. The minimum absolute atomic E-state index is 0.0316. The Hall–Kier alpha value is -0.820. The van der Waals surface area contributed by atoms with E-state index in [1.54, 1.807) is 0 Å². The summed E-state index contributed by atoms with van der Waals surface area (Å²) in [5.74, 6) is -0.564. The van der Waals surface area contributed by atoms with Crippen molar-refractivity contribution in [2.45, 2.75) is 57.3 Å². The smallest absolute Gasteiger partial charge is 0.346 e. The molecule has 0 unspecified atom stereocenters. The van der Waals surface area contributed by atoms with Gasteiger partial charge in [-0.2, -0.15) is 13.2 Å². The normalized spacial score (nSPS) is 23.9. The van der Waals surface area contributed by atoms with Gasteiger partial charge in [-0.25, -0.2) is 0 Å². The molecule has 0 saturated heterocycles. The van der Waals surface area contributed by atoms with E-state index in [2.05, 4.69) is 0 Å². The summed E-state index contributed by atoms with van der Waals surface area (Å²) in [6, 6.07) is 0.472. The molecule has 0 radical (unpaired) electrons. The molecule has 4 nitrogen and oxygen atoms in total. The molecular weight excluding hydrogens is 271 g/mol. The summed E-state index contributed by atoms with van der Waals surface area (Å²) in [6.45, 7) is 1.49. The lowest BCUT2D eigenvalue weighted by Gasteiger charge is -2.35. The molecular formula is C13H24F3N3O. The number of nitrogens with two attached hydrogens (primary N) is 1. The van der Waals surface area contributed by atoms with Gasteiger partial charge < -0.3 is 11.1 Å². The molecule has 118 valence electrons. The van der Waals surface area contributed by atoms with Crippen LogP contribution in [-0.2, 0) is 4.79 Å². The maximum Gasteiger partial charge on any atom is 0.405 e. The summed E-state index contributed by atoms with van der Waals surface area (Å²) in [4.78, 5) is 13.6. The first-order valence-electron chi connectivity index (χ1n) is 7.15. The van der Waals surface area contributed by atoms with Gasteiger partial charge in [0.1, 0.15) is 6.54 Å². The summed E-state index contributed by atoms with van der Waals surface area (Å²) in [7, 11) is 0. The number of nitrogens with zero attached hydrogens (tertiary/aromatic N) is 1. The molecule has 0 atom stereocenters. The first-order valence-corrected chi connectivity index (χ1v) is 7.15. The molecule has 20 heavy (non-hydrogen) atoms. The predicted molar refractivity (Wildman–Crippen MR) is 71.2 cm³/mol. The van der Waals surface area contributed by atoms with E-state index in [4.69, 9.17) is 5.73 Å². The van der Waals surface area contributed by atoms with Crippen molar-refractivity contribution < 1.29 is 18.0 Å². The molecule has 7 heteroatoms. The zero-order chi connectivity index (χ0) is 15.2. The monoisotopic (exact) mass is 295 g/mol. The number of halogens is 3. The second-order valence-corrected chi connectivity index (χ2v) is 5.43. The van der Waals surface area contributed by atoms with E-state index >= 15 is 0 Å². The van der Waals surface area contributed by atoms with Gasteiger partial charge in [0, 0.05) is 12.1 Å². The molecule has 0 aliphatic heterocycles. The highest BCUT2D eigenvalue weighted by Gasteiger charge is 2.29. The van der Waals surface area contributed by atoms with Gasteiger partial charge >= 0.3 is 6.18 Å². The molecule has 3 N–H and O–H groups in total. The minimum atomic E-state index is -4.36. The van der Waals surface area contributed by atoms with Gasteiger partial charge in [0.25, 0.3) is 0 Å². The van der Waals surface area contributed by atoms with Crippen molar-refractivity contribution >= 4 is 5.91 Å². The zero-order valence-corrected chi connectivity index (χ0v) is 11.9. The Labute approximate surface area is 117 Å². The van der Waals surface area contributed by atoms with Crippen LogP contribution in [0.25, 0.3) is 0 Å². The molecule has 0 bridgehead atoms. The summed E-state index contributed by atoms with van der Waals surface area (Å²) in [5.41, 5.74) is 5.85. The molecule has 1 aliphatic rings. The summed E-state index contributed by atoms with van der Waals surface area (Å²) in [5, 5.41) is 1.93. The van der Waals surface area contributed by atoms with Crippen molar-refractivity contribution in [3.63, 3.8) is 0 Å². The van der Waals surface area contributed by atoms with Gasteiger partial charge in [0.2, 0.25) is 5.91 Å². The second-order valence-electron chi connectivity index (χ2n) is 5.43. The molecule has 0 aromatic rings. The van der Waals surface area contributed by atoms with Crippen LogP contribution in [0.2, 0.25) is 0 Å². The molecule has 1 fully saturated rings. The highest BCUT2D eigenvalue weighted by molar-refractivity contribution is 5.78. The lowest BCUT2D eigenvalue weighted by atomic mass is 9.90. The topological polar surface area (TPSA) is 58.4 Å². The number of carbonyl (C=O) groups excluding carboxylic acids is 1. The maximum atomic E-state index is 12.1. The zero-order valence-electron chi connectivity index (χ0n) is 11.9. The number of hydrogen-bond acceptors (Lipinski definition) is 3. The highest BCUT2D eigenvalue weighted by Crippen LogP contribution is 2.22. The van der Waals surface area contributed by atoms with Crippen LogP contribution in [-0.4, -0.2) is 48.7 Å². The fourth-order valence-corrected chi connectivity index (χ4v) is 2.58. The van der Waals surface area contributed by atoms with Crippen molar-refractivity contribution in [2.24, 2.45) is 5.73 Å². The Kier molecular flexibility index (Phi) is 6.75. The molecule has 1 amide bonds. The number of amides is 1. The SMILES string of the molecule is CCCN(CC(=O)NCC(F)(F)F)C1CCC(N)CC1. The minimum Gasteiger partial charge on any atom is -0.346 e. The predicted octanol–water partition coefficient (Wildman–Crippen LogP) is 1.65. The molecule has 0 heterocycles. The van der Waals surface area contributed by atoms with E-state index in [0.29, 0.717) is 0 Å². The highest BCUT2D eigenvalue weighted by atomic mass is 19.4. The fraction of sp³-hybridized carbons (Fsp3) is 0.923. The van der Waals surface area contributed by atoms with E-state index < -0.39 is 18.6 Å². The third-order valence-corrected chi connectivity index (χ3v) is 3.60. The summed E-state index contributed by atoms with van der Waals surface area (Å²) >= 11 is 0. The lowest BCUT2D eigenvalue weighted by molar-refractivity contribution is -0.139. The molecule has 0 spiro atoms. The number of hydrogen-bond donors (Lipinski definition) is 2. The summed E-state index contributed by atoms with van der Waals surface area (Å²) < 4.78 is 36.2. The van der Waals surface area contributed by atoms with Gasteiger partial charge in [0.15, 0.2) is 0 Å². The average Bonchev–Trinajstić information content (AvgIpc) is 2.36. The lowest BCUT2D eigenvalue weighted by Crippen LogP contribution is -2.47. The van der Waals surface area contributed by atoms with Gasteiger partial charge in [-0.3, -0.25) is 9.69 Å².